The van der Waals surface area contributed by atoms with Gasteiger partial charge in [0.15, 0.2) is 0 Å². The van der Waals surface area contributed by atoms with Crippen molar-refractivity contribution in [3.63, 3.8) is 0 Å². The van der Waals surface area contributed by atoms with Gasteiger partial charge in [-0.1, -0.05) is 0 Å². The Kier molecular flexibility index (Phi) is 6.18. The average Bonchev–Trinajstić information content (AvgIpc) is 2.91. The summed E-state index contributed by atoms with van der Waals surface area (Å²) < 4.78 is 31.3. The van der Waals surface area contributed by atoms with Crippen LogP contribution in [0.25, 0.3) is 0 Å². The lowest BCUT2D eigenvalue weighted by Crippen LogP contribution is -2.56. The average molecular weight is 355 g/mol. The summed E-state index contributed by atoms with van der Waals surface area (Å²) in [6, 6.07) is 1.35. The highest BCUT2D eigenvalue weighted by Gasteiger charge is 2.35. The number of thiophene rings is 1. The monoisotopic (exact) mass is 354 g/mol. The molecule has 1 saturated heterocycles. The number of hydrogen-bond acceptors (Lipinski definition) is 6. The molecule has 2 heterocycles. The smallest absolute Gasteiger partial charge is 0.348 e. The van der Waals surface area contributed by atoms with Crippen molar-refractivity contribution in [1.29, 1.82) is 0 Å². The lowest BCUT2D eigenvalue weighted by molar-refractivity contribution is 0.0606. The van der Waals surface area contributed by atoms with Crippen LogP contribution in [0.5, 0.6) is 0 Å². The van der Waals surface area contributed by atoms with Gasteiger partial charge in [-0.2, -0.15) is 4.31 Å². The Bertz CT molecular complexity index is 602. The van der Waals surface area contributed by atoms with Crippen molar-refractivity contribution in [3.8, 4) is 0 Å². The Morgan fingerprint density at radius 1 is 1.48 bits per heavy atom. The normalized spacial score (nSPS) is 23.4. The first-order valence-corrected chi connectivity index (χ1v) is 8.62. The fourth-order valence-electron chi connectivity index (χ4n) is 2.16. The second kappa shape index (κ2) is 7.06. The third-order valence-electron chi connectivity index (χ3n) is 3.54. The first kappa shape index (κ1) is 18.4. The predicted octanol–water partition coefficient (Wildman–Crippen LogP) is 1.33. The van der Waals surface area contributed by atoms with Gasteiger partial charge in [0.1, 0.15) is 4.88 Å². The van der Waals surface area contributed by atoms with E-state index in [1.807, 2.05) is 13.8 Å². The highest BCUT2D eigenvalue weighted by atomic mass is 35.5. The van der Waals surface area contributed by atoms with Gasteiger partial charge >= 0.3 is 5.97 Å². The van der Waals surface area contributed by atoms with Crippen LogP contribution < -0.4 is 5.32 Å². The van der Waals surface area contributed by atoms with Gasteiger partial charge in [-0.3, -0.25) is 0 Å². The van der Waals surface area contributed by atoms with Crippen LogP contribution in [-0.2, 0) is 14.8 Å². The number of rotatable bonds is 3. The molecule has 0 saturated carbocycles. The zero-order valence-electron chi connectivity index (χ0n) is 12.0. The van der Waals surface area contributed by atoms with Crippen LogP contribution in [0.3, 0.4) is 0 Å². The Morgan fingerprint density at radius 2 is 2.14 bits per heavy atom. The number of methoxy groups -OCH3 is 1. The van der Waals surface area contributed by atoms with Crippen molar-refractivity contribution in [2.24, 2.45) is 0 Å². The molecule has 0 amide bonds. The first-order valence-electron chi connectivity index (χ1n) is 6.30. The summed E-state index contributed by atoms with van der Waals surface area (Å²) in [6.45, 7) is 4.89. The van der Waals surface area contributed by atoms with Gasteiger partial charge in [0.05, 0.1) is 12.0 Å². The van der Waals surface area contributed by atoms with Crippen LogP contribution in [0.4, 0.5) is 0 Å². The van der Waals surface area contributed by atoms with E-state index >= 15 is 0 Å². The number of nitrogens with one attached hydrogen (secondary N) is 1. The molecule has 9 heteroatoms. The number of ether oxygens (including phenoxy) is 1. The number of halogens is 1. The maximum atomic E-state index is 12.6. The summed E-state index contributed by atoms with van der Waals surface area (Å²) in [7, 11) is -2.29. The van der Waals surface area contributed by atoms with Gasteiger partial charge in [0.2, 0.25) is 10.0 Å². The molecule has 0 bridgehead atoms. The minimum absolute atomic E-state index is 0. The Balaban J connectivity index is 0.00000220. The lowest BCUT2D eigenvalue weighted by atomic mass is 10.1. The highest BCUT2D eigenvalue weighted by Crippen LogP contribution is 2.26. The van der Waals surface area contributed by atoms with Crippen LogP contribution in [0.2, 0.25) is 0 Å². The molecule has 2 rings (SSSR count). The molecule has 0 radical (unpaired) electrons. The number of carbonyl (C=O) groups is 1. The molecule has 2 atom stereocenters. The van der Waals surface area contributed by atoms with E-state index in [4.69, 9.17) is 0 Å². The fourth-order valence-corrected chi connectivity index (χ4v) is 5.04. The van der Waals surface area contributed by atoms with Gasteiger partial charge in [-0.25, -0.2) is 13.2 Å². The summed E-state index contributed by atoms with van der Waals surface area (Å²) in [6.07, 6.45) is 0. The second-order valence-electron chi connectivity index (χ2n) is 4.74. The minimum atomic E-state index is -3.57. The number of hydrogen-bond donors (Lipinski definition) is 1. The largest absolute Gasteiger partial charge is 0.465 e. The van der Waals surface area contributed by atoms with Crippen LogP contribution in [0.15, 0.2) is 16.3 Å². The lowest BCUT2D eigenvalue weighted by Gasteiger charge is -2.37. The van der Waals surface area contributed by atoms with Crippen LogP contribution in [-0.4, -0.2) is 51.0 Å². The van der Waals surface area contributed by atoms with Gasteiger partial charge in [0.25, 0.3) is 0 Å². The molecular weight excluding hydrogens is 336 g/mol. The van der Waals surface area contributed by atoms with E-state index in [1.165, 1.54) is 22.9 Å². The highest BCUT2D eigenvalue weighted by molar-refractivity contribution is 7.89. The third-order valence-corrected chi connectivity index (χ3v) is 6.57. The Hall–Kier alpha value is -0.670. The van der Waals surface area contributed by atoms with E-state index in [0.717, 1.165) is 11.3 Å². The molecule has 1 aliphatic rings. The number of sulfonamides is 1. The number of carbonyl (C=O) groups excluding carboxylic acids is 1. The Labute approximate surface area is 134 Å². The van der Waals surface area contributed by atoms with E-state index in [9.17, 15) is 13.2 Å². The molecule has 1 aliphatic heterocycles. The summed E-state index contributed by atoms with van der Waals surface area (Å²) in [5.41, 5.74) is 0. The fraction of sp³-hybridized carbons (Fsp3) is 0.583. The quantitative estimate of drug-likeness (QED) is 0.829. The molecule has 120 valence electrons. The molecule has 0 aromatic carbocycles. The van der Waals surface area contributed by atoms with Crippen molar-refractivity contribution >= 4 is 39.7 Å². The van der Waals surface area contributed by atoms with E-state index in [2.05, 4.69) is 10.1 Å². The zero-order chi connectivity index (χ0) is 14.9. The SMILES string of the molecule is COC(=O)c1cc(S(=O)(=O)N2CCNC(C)C2C)cs1.Cl. The van der Waals surface area contributed by atoms with Crippen LogP contribution in [0.1, 0.15) is 23.5 Å². The summed E-state index contributed by atoms with van der Waals surface area (Å²) in [5.74, 6) is -0.516. The van der Waals surface area contributed by atoms with Crippen molar-refractivity contribution in [2.45, 2.75) is 30.8 Å². The molecule has 2 unspecified atom stereocenters. The van der Waals surface area contributed by atoms with Crippen molar-refractivity contribution in [2.75, 3.05) is 20.2 Å². The summed E-state index contributed by atoms with van der Waals surface area (Å²) in [5, 5.41) is 4.73. The van der Waals surface area contributed by atoms with Crippen molar-refractivity contribution in [1.82, 2.24) is 9.62 Å². The molecule has 1 aromatic rings. The van der Waals surface area contributed by atoms with E-state index in [0.29, 0.717) is 18.0 Å². The number of nitrogens with zero attached hydrogens (tertiary/aromatic N) is 1. The zero-order valence-corrected chi connectivity index (χ0v) is 14.5. The van der Waals surface area contributed by atoms with E-state index in [1.54, 1.807) is 0 Å². The van der Waals surface area contributed by atoms with Crippen LogP contribution >= 0.6 is 23.7 Å². The number of piperazine rings is 1. The van der Waals surface area contributed by atoms with Gasteiger partial charge in [0, 0.05) is 30.6 Å². The molecule has 1 fully saturated rings. The summed E-state index contributed by atoms with van der Waals surface area (Å²) >= 11 is 1.08. The maximum absolute atomic E-state index is 12.6. The van der Waals surface area contributed by atoms with Crippen LogP contribution in [0, 0.1) is 0 Å². The van der Waals surface area contributed by atoms with Gasteiger partial charge in [-0.05, 0) is 19.9 Å². The summed E-state index contributed by atoms with van der Waals surface area (Å²) in [4.78, 5) is 11.9. The van der Waals surface area contributed by atoms with Crippen molar-refractivity contribution < 1.29 is 17.9 Å². The molecule has 0 spiro atoms. The van der Waals surface area contributed by atoms with Gasteiger partial charge in [-0.15, -0.1) is 23.7 Å². The number of esters is 1. The van der Waals surface area contributed by atoms with Gasteiger partial charge < -0.3 is 10.1 Å². The minimum Gasteiger partial charge on any atom is -0.465 e. The standard InChI is InChI=1S/C12H18N2O4S2.ClH/c1-8-9(2)14(5-4-13-8)20(16,17)10-6-11(19-7-10)12(15)18-3;/h6-9,13H,4-5H2,1-3H3;1H. The molecule has 21 heavy (non-hydrogen) atoms. The first-order chi connectivity index (χ1) is 9.37. The molecule has 0 aliphatic carbocycles. The molecule has 6 nitrogen and oxygen atoms in total. The maximum Gasteiger partial charge on any atom is 0.348 e. The van der Waals surface area contributed by atoms with E-state index < -0.39 is 16.0 Å². The third kappa shape index (κ3) is 3.57. The second-order valence-corrected chi connectivity index (χ2v) is 7.54. The molecular formula is C12H19ClN2O4S2. The predicted molar refractivity (Wildman–Crippen MR) is 83.7 cm³/mol. The molecule has 1 N–H and O–H groups in total. The van der Waals surface area contributed by atoms with Crippen molar-refractivity contribution in [3.05, 3.63) is 16.3 Å². The Morgan fingerprint density at radius 3 is 2.76 bits per heavy atom. The van der Waals surface area contributed by atoms with E-state index in [-0.39, 0.29) is 29.4 Å². The molecule has 1 aromatic heterocycles. The topological polar surface area (TPSA) is 75.7 Å².